The van der Waals surface area contributed by atoms with Crippen LogP contribution < -0.4 is 15.0 Å². The van der Waals surface area contributed by atoms with Gasteiger partial charge in [-0.2, -0.15) is 0 Å². The van der Waals surface area contributed by atoms with Gasteiger partial charge in [-0.1, -0.05) is 24.3 Å². The lowest BCUT2D eigenvalue weighted by atomic mass is 10.1. The van der Waals surface area contributed by atoms with Crippen LogP contribution in [0.4, 0.5) is 11.5 Å². The molecule has 1 saturated heterocycles. The Balaban J connectivity index is 1.41. The molecule has 2 aromatic carbocycles. The molecule has 4 rings (SSSR count). The number of anilines is 2. The third kappa shape index (κ3) is 5.68. The van der Waals surface area contributed by atoms with Crippen LogP contribution in [-0.4, -0.2) is 60.3 Å². The Morgan fingerprint density at radius 2 is 1.79 bits per heavy atom. The van der Waals surface area contributed by atoms with E-state index < -0.39 is 6.10 Å². The molecular formula is C26H31N5O2. The highest BCUT2D eigenvalue weighted by molar-refractivity contribution is 5.94. The second-order valence-electron chi connectivity index (χ2n) is 8.67. The Hall–Kier alpha value is -3.45. The van der Waals surface area contributed by atoms with Crippen LogP contribution in [0, 0.1) is 13.8 Å². The van der Waals surface area contributed by atoms with Crippen LogP contribution in [0.15, 0.2) is 54.6 Å². The molecule has 0 bridgehead atoms. The average molecular weight is 446 g/mol. The highest BCUT2D eigenvalue weighted by Gasteiger charge is 2.17. The average Bonchev–Trinajstić information content (AvgIpc) is 2.82. The van der Waals surface area contributed by atoms with E-state index in [1.54, 1.807) is 6.92 Å². The van der Waals surface area contributed by atoms with Gasteiger partial charge in [0.2, 0.25) is 0 Å². The van der Waals surface area contributed by atoms with Crippen molar-refractivity contribution in [2.45, 2.75) is 26.9 Å². The zero-order valence-corrected chi connectivity index (χ0v) is 19.7. The van der Waals surface area contributed by atoms with Gasteiger partial charge in [0.1, 0.15) is 5.75 Å². The van der Waals surface area contributed by atoms with E-state index in [1.165, 1.54) is 0 Å². The summed E-state index contributed by atoms with van der Waals surface area (Å²) in [4.78, 5) is 17.3. The summed E-state index contributed by atoms with van der Waals surface area (Å²) in [5.74, 6) is 1.42. The van der Waals surface area contributed by atoms with Gasteiger partial charge in [0.15, 0.2) is 11.9 Å². The number of piperazine rings is 1. The molecule has 1 amide bonds. The lowest BCUT2D eigenvalue weighted by molar-refractivity contribution is -0.122. The smallest absolute Gasteiger partial charge is 0.265 e. The van der Waals surface area contributed by atoms with Crippen LogP contribution >= 0.6 is 0 Å². The molecule has 1 aliphatic heterocycles. The molecular weight excluding hydrogens is 414 g/mol. The monoisotopic (exact) mass is 445 g/mol. The van der Waals surface area contributed by atoms with Crippen LogP contribution in [0.2, 0.25) is 0 Å². The minimum Gasteiger partial charge on any atom is -0.481 e. The Morgan fingerprint density at radius 3 is 2.52 bits per heavy atom. The molecule has 2 heterocycles. The van der Waals surface area contributed by atoms with E-state index >= 15 is 0 Å². The first-order valence-corrected chi connectivity index (χ1v) is 11.3. The molecule has 0 saturated carbocycles. The fourth-order valence-corrected chi connectivity index (χ4v) is 3.76. The predicted octanol–water partition coefficient (Wildman–Crippen LogP) is 3.92. The van der Waals surface area contributed by atoms with Gasteiger partial charge in [0, 0.05) is 37.4 Å². The van der Waals surface area contributed by atoms with Crippen LogP contribution in [0.5, 0.6) is 5.75 Å². The minimum absolute atomic E-state index is 0.204. The van der Waals surface area contributed by atoms with Crippen LogP contribution in [0.3, 0.4) is 0 Å². The minimum atomic E-state index is -0.628. The molecule has 0 aliphatic carbocycles. The Morgan fingerprint density at radius 1 is 1.00 bits per heavy atom. The summed E-state index contributed by atoms with van der Waals surface area (Å²) in [6, 6.07) is 17.6. The van der Waals surface area contributed by atoms with Crippen molar-refractivity contribution < 1.29 is 9.53 Å². The van der Waals surface area contributed by atoms with Gasteiger partial charge in [0.25, 0.3) is 5.91 Å². The molecule has 172 valence electrons. The second kappa shape index (κ2) is 10.0. The third-order valence-electron chi connectivity index (χ3n) is 5.92. The molecule has 7 nitrogen and oxygen atoms in total. The zero-order chi connectivity index (χ0) is 23.4. The number of carbonyl (C=O) groups excluding carboxylic acids is 1. The quantitative estimate of drug-likeness (QED) is 0.620. The fourth-order valence-electron chi connectivity index (χ4n) is 3.76. The summed E-state index contributed by atoms with van der Waals surface area (Å²) >= 11 is 0. The first kappa shape index (κ1) is 22.7. The number of benzene rings is 2. The second-order valence-corrected chi connectivity index (χ2v) is 8.67. The number of likely N-dealkylation sites (N-methyl/N-ethyl adjacent to an activating group) is 1. The van der Waals surface area contributed by atoms with Crippen molar-refractivity contribution in [1.29, 1.82) is 0 Å². The number of nitrogens with zero attached hydrogens (tertiary/aromatic N) is 4. The van der Waals surface area contributed by atoms with E-state index in [2.05, 4.69) is 32.4 Å². The van der Waals surface area contributed by atoms with Crippen molar-refractivity contribution in [2.24, 2.45) is 0 Å². The lowest BCUT2D eigenvalue weighted by Crippen LogP contribution is -2.44. The van der Waals surface area contributed by atoms with Crippen molar-refractivity contribution in [3.05, 3.63) is 65.7 Å². The summed E-state index contributed by atoms with van der Waals surface area (Å²) in [7, 11) is 2.13. The van der Waals surface area contributed by atoms with Crippen LogP contribution in [0.25, 0.3) is 11.3 Å². The van der Waals surface area contributed by atoms with Crippen LogP contribution in [0.1, 0.15) is 18.1 Å². The predicted molar refractivity (Wildman–Crippen MR) is 132 cm³/mol. The summed E-state index contributed by atoms with van der Waals surface area (Å²) in [5, 5.41) is 11.8. The Kier molecular flexibility index (Phi) is 6.89. The van der Waals surface area contributed by atoms with E-state index in [0.29, 0.717) is 5.69 Å². The number of amides is 1. The topological polar surface area (TPSA) is 70.6 Å². The molecule has 1 aliphatic rings. The van der Waals surface area contributed by atoms with Crippen molar-refractivity contribution >= 4 is 17.4 Å². The van der Waals surface area contributed by atoms with Gasteiger partial charge < -0.3 is 19.9 Å². The molecule has 7 heteroatoms. The summed E-state index contributed by atoms with van der Waals surface area (Å²) in [6.07, 6.45) is -0.628. The maximum atomic E-state index is 12.7. The highest BCUT2D eigenvalue weighted by Crippen LogP contribution is 2.24. The molecule has 1 atom stereocenters. The first-order valence-electron chi connectivity index (χ1n) is 11.3. The maximum Gasteiger partial charge on any atom is 0.265 e. The van der Waals surface area contributed by atoms with Crippen molar-refractivity contribution in [3.63, 3.8) is 0 Å². The molecule has 1 aromatic heterocycles. The Bertz CT molecular complexity index is 1110. The molecule has 3 aromatic rings. The molecule has 0 spiro atoms. The SMILES string of the molecule is Cc1ccc(C)c(OC(C)C(=O)Nc2cccc(-c3ccc(N4CCN(C)CC4)nn3)c2)c1. The molecule has 1 unspecified atom stereocenters. The lowest BCUT2D eigenvalue weighted by Gasteiger charge is -2.32. The number of rotatable bonds is 6. The molecule has 33 heavy (non-hydrogen) atoms. The van der Waals surface area contributed by atoms with Crippen molar-refractivity contribution in [1.82, 2.24) is 15.1 Å². The molecule has 0 radical (unpaired) electrons. The van der Waals surface area contributed by atoms with Gasteiger partial charge in [-0.15, -0.1) is 10.2 Å². The normalized spacial score (nSPS) is 15.2. The standard InChI is InChI=1S/C26H31N5O2/c1-18-8-9-19(2)24(16-18)33-20(3)26(32)27-22-7-5-6-21(17-22)23-10-11-25(29-28-23)31-14-12-30(4)13-15-31/h5-11,16-17,20H,12-15H2,1-4H3,(H,27,32). The number of aryl methyl sites for hydroxylation is 2. The van der Waals surface area contributed by atoms with E-state index in [4.69, 9.17) is 4.74 Å². The van der Waals surface area contributed by atoms with E-state index in [-0.39, 0.29) is 5.91 Å². The van der Waals surface area contributed by atoms with Gasteiger partial charge in [-0.25, -0.2) is 0 Å². The fraction of sp³-hybridized carbons (Fsp3) is 0.346. The first-order chi connectivity index (χ1) is 15.9. The highest BCUT2D eigenvalue weighted by atomic mass is 16.5. The van der Waals surface area contributed by atoms with E-state index in [1.807, 2.05) is 68.4 Å². The largest absolute Gasteiger partial charge is 0.481 e. The third-order valence-corrected chi connectivity index (χ3v) is 5.92. The van der Waals surface area contributed by atoms with Crippen molar-refractivity contribution in [3.8, 4) is 17.0 Å². The van der Waals surface area contributed by atoms with E-state index in [0.717, 1.165) is 60.1 Å². The van der Waals surface area contributed by atoms with Crippen LogP contribution in [-0.2, 0) is 4.79 Å². The number of carbonyl (C=O) groups is 1. The van der Waals surface area contributed by atoms with Crippen molar-refractivity contribution in [2.75, 3.05) is 43.4 Å². The van der Waals surface area contributed by atoms with Gasteiger partial charge in [-0.3, -0.25) is 4.79 Å². The number of ether oxygens (including phenoxy) is 1. The molecule has 1 fully saturated rings. The number of nitrogens with one attached hydrogen (secondary N) is 1. The van der Waals surface area contributed by atoms with E-state index in [9.17, 15) is 4.79 Å². The van der Waals surface area contributed by atoms with Gasteiger partial charge >= 0.3 is 0 Å². The summed E-state index contributed by atoms with van der Waals surface area (Å²) in [5.41, 5.74) is 4.45. The Labute approximate surface area is 195 Å². The zero-order valence-electron chi connectivity index (χ0n) is 19.7. The molecule has 1 N–H and O–H groups in total. The van der Waals surface area contributed by atoms with Gasteiger partial charge in [-0.05, 0) is 69.3 Å². The number of aromatic nitrogens is 2. The maximum absolute atomic E-state index is 12.7. The number of hydrogen-bond acceptors (Lipinski definition) is 6. The number of hydrogen-bond donors (Lipinski definition) is 1. The van der Waals surface area contributed by atoms with Gasteiger partial charge in [0.05, 0.1) is 5.69 Å². The summed E-state index contributed by atoms with van der Waals surface area (Å²) in [6.45, 7) is 9.68. The summed E-state index contributed by atoms with van der Waals surface area (Å²) < 4.78 is 5.91.